The van der Waals surface area contributed by atoms with Crippen molar-refractivity contribution in [1.82, 2.24) is 9.88 Å². The number of rotatable bonds is 8. The number of carbonyl (C=O) groups is 1. The molecule has 1 aliphatic heterocycles. The Balaban J connectivity index is 1.36. The molecule has 1 N–H and O–H groups in total. The van der Waals surface area contributed by atoms with E-state index in [0.29, 0.717) is 11.5 Å². The van der Waals surface area contributed by atoms with Crippen LogP contribution in [0.2, 0.25) is 0 Å². The number of hydrogen-bond acceptors (Lipinski definition) is 7. The molecule has 8 nitrogen and oxygen atoms in total. The number of nitrogens with one attached hydrogen (secondary N) is 1. The van der Waals surface area contributed by atoms with Gasteiger partial charge in [-0.1, -0.05) is 18.9 Å². The molecule has 184 valence electrons. The average Bonchev–Trinajstić information content (AvgIpc) is 3.31. The van der Waals surface area contributed by atoms with Crippen molar-refractivity contribution in [2.24, 2.45) is 5.92 Å². The zero-order valence-electron chi connectivity index (χ0n) is 20.5. The molecule has 1 saturated carbocycles. The Morgan fingerprint density at radius 1 is 0.941 bits per heavy atom. The number of hydrogen-bond donors (Lipinski definition) is 1. The van der Waals surface area contributed by atoms with Crippen LogP contribution in [0.25, 0.3) is 0 Å². The van der Waals surface area contributed by atoms with Crippen molar-refractivity contribution in [3.8, 4) is 17.2 Å². The summed E-state index contributed by atoms with van der Waals surface area (Å²) in [6.07, 6.45) is 7.12. The van der Waals surface area contributed by atoms with Crippen molar-refractivity contribution in [3.05, 3.63) is 36.0 Å². The monoisotopic (exact) mass is 468 g/mol. The maximum absolute atomic E-state index is 12.4. The lowest BCUT2D eigenvalue weighted by Gasteiger charge is -2.24. The Bertz CT molecular complexity index is 960. The maximum Gasteiger partial charge on any atom is 0.227 e. The van der Waals surface area contributed by atoms with Gasteiger partial charge in [0.2, 0.25) is 11.7 Å². The molecule has 1 saturated heterocycles. The molecule has 2 aliphatic rings. The highest BCUT2D eigenvalue weighted by molar-refractivity contribution is 5.92. The number of pyridine rings is 1. The summed E-state index contributed by atoms with van der Waals surface area (Å²) < 4.78 is 16.6. The second kappa shape index (κ2) is 11.4. The summed E-state index contributed by atoms with van der Waals surface area (Å²) in [5.41, 5.74) is 1.85. The van der Waals surface area contributed by atoms with Crippen LogP contribution in [0.4, 0.5) is 11.5 Å². The van der Waals surface area contributed by atoms with Crippen molar-refractivity contribution in [2.45, 2.75) is 38.6 Å². The lowest BCUT2D eigenvalue weighted by atomic mass is 10.1. The first-order chi connectivity index (χ1) is 16.6. The molecule has 4 rings (SSSR count). The van der Waals surface area contributed by atoms with Gasteiger partial charge in [0.15, 0.2) is 11.5 Å². The Hall–Kier alpha value is -3.00. The molecule has 2 fully saturated rings. The molecular formula is C26H36N4O4. The fourth-order valence-corrected chi connectivity index (χ4v) is 4.97. The minimum Gasteiger partial charge on any atom is -0.493 e. The summed E-state index contributed by atoms with van der Waals surface area (Å²) in [5, 5.41) is 3.03. The molecule has 0 unspecified atom stereocenters. The van der Waals surface area contributed by atoms with Crippen LogP contribution in [-0.4, -0.2) is 63.3 Å². The topological polar surface area (TPSA) is 76.2 Å². The lowest BCUT2D eigenvalue weighted by molar-refractivity contribution is -0.119. The van der Waals surface area contributed by atoms with Gasteiger partial charge in [-0.05, 0) is 37.5 Å². The number of carbonyl (C=O) groups excluding carboxylic acids is 1. The predicted molar refractivity (Wildman–Crippen MR) is 133 cm³/mol. The Kier molecular flexibility index (Phi) is 8.11. The van der Waals surface area contributed by atoms with Gasteiger partial charge in [-0.2, -0.15) is 0 Å². The van der Waals surface area contributed by atoms with Crippen LogP contribution < -0.4 is 24.4 Å². The van der Waals surface area contributed by atoms with Crippen molar-refractivity contribution >= 4 is 17.4 Å². The van der Waals surface area contributed by atoms with Gasteiger partial charge < -0.3 is 24.4 Å². The van der Waals surface area contributed by atoms with Gasteiger partial charge in [0, 0.05) is 44.2 Å². The smallest absolute Gasteiger partial charge is 0.227 e. The largest absolute Gasteiger partial charge is 0.493 e. The number of aromatic nitrogens is 1. The second-order valence-corrected chi connectivity index (χ2v) is 8.99. The summed E-state index contributed by atoms with van der Waals surface area (Å²) in [4.78, 5) is 21.8. The zero-order chi connectivity index (χ0) is 23.9. The highest BCUT2D eigenvalue weighted by Gasteiger charge is 2.23. The standard InChI is InChI=1S/C26H36N4O4/c1-32-22-11-9-20(24(33-2)25(22)34-3)18-29-13-6-14-30(16-15-29)23-12-10-21(17-27-23)28-26(31)19-7-4-5-8-19/h9-12,17,19H,4-8,13-16,18H2,1-3H3,(H,28,31). The predicted octanol–water partition coefficient (Wildman–Crippen LogP) is 3.95. The zero-order valence-corrected chi connectivity index (χ0v) is 20.5. The van der Waals surface area contributed by atoms with Gasteiger partial charge in [0.1, 0.15) is 5.82 Å². The summed E-state index contributed by atoms with van der Waals surface area (Å²) in [7, 11) is 4.92. The van der Waals surface area contributed by atoms with Crippen molar-refractivity contribution < 1.29 is 19.0 Å². The molecule has 34 heavy (non-hydrogen) atoms. The van der Waals surface area contributed by atoms with Crippen LogP contribution in [0.1, 0.15) is 37.7 Å². The van der Waals surface area contributed by atoms with E-state index in [1.54, 1.807) is 27.5 Å². The maximum atomic E-state index is 12.4. The molecule has 1 aromatic carbocycles. The number of nitrogens with zero attached hydrogens (tertiary/aromatic N) is 3. The lowest BCUT2D eigenvalue weighted by Crippen LogP contribution is -2.31. The first-order valence-corrected chi connectivity index (χ1v) is 12.1. The molecule has 8 heteroatoms. The quantitative estimate of drug-likeness (QED) is 0.629. The summed E-state index contributed by atoms with van der Waals surface area (Å²) in [6, 6.07) is 7.95. The molecule has 0 atom stereocenters. The number of ether oxygens (including phenoxy) is 3. The molecule has 0 bridgehead atoms. The third-order valence-corrected chi connectivity index (χ3v) is 6.83. The van der Waals surface area contributed by atoms with Gasteiger partial charge in [-0.15, -0.1) is 0 Å². The highest BCUT2D eigenvalue weighted by atomic mass is 16.5. The summed E-state index contributed by atoms with van der Waals surface area (Å²) >= 11 is 0. The van der Waals surface area contributed by atoms with E-state index < -0.39 is 0 Å². The first-order valence-electron chi connectivity index (χ1n) is 12.1. The molecule has 0 spiro atoms. The van der Waals surface area contributed by atoms with Gasteiger partial charge in [-0.25, -0.2) is 4.98 Å². The number of benzene rings is 1. The SMILES string of the molecule is COc1ccc(CN2CCCN(c3ccc(NC(=O)C4CCCC4)cn3)CC2)c(OC)c1OC. The molecule has 1 aromatic heterocycles. The molecular weight excluding hydrogens is 432 g/mol. The van der Waals surface area contributed by atoms with Crippen LogP contribution in [0.15, 0.2) is 30.5 Å². The van der Waals surface area contributed by atoms with Crippen LogP contribution in [0, 0.1) is 5.92 Å². The average molecular weight is 469 g/mol. The normalized spacial score (nSPS) is 17.3. The van der Waals surface area contributed by atoms with Gasteiger partial charge in [-0.3, -0.25) is 9.69 Å². The Morgan fingerprint density at radius 3 is 2.41 bits per heavy atom. The van der Waals surface area contributed by atoms with Gasteiger partial charge in [0.05, 0.1) is 33.2 Å². The van der Waals surface area contributed by atoms with E-state index in [1.165, 1.54) is 0 Å². The van der Waals surface area contributed by atoms with Gasteiger partial charge in [0.25, 0.3) is 0 Å². The van der Waals surface area contributed by atoms with Crippen LogP contribution >= 0.6 is 0 Å². The van der Waals surface area contributed by atoms with E-state index in [-0.39, 0.29) is 11.8 Å². The van der Waals surface area contributed by atoms with Crippen LogP contribution in [-0.2, 0) is 11.3 Å². The molecule has 2 heterocycles. The third kappa shape index (κ3) is 5.55. The van der Waals surface area contributed by atoms with Crippen molar-refractivity contribution in [1.29, 1.82) is 0 Å². The molecule has 0 radical (unpaired) electrons. The number of amides is 1. The van der Waals surface area contributed by atoms with E-state index in [1.807, 2.05) is 24.3 Å². The summed E-state index contributed by atoms with van der Waals surface area (Å²) in [5.74, 6) is 3.25. The van der Waals surface area contributed by atoms with E-state index in [2.05, 4.69) is 20.1 Å². The van der Waals surface area contributed by atoms with E-state index in [0.717, 1.165) is 87.6 Å². The fourth-order valence-electron chi connectivity index (χ4n) is 4.97. The molecule has 1 aliphatic carbocycles. The van der Waals surface area contributed by atoms with Gasteiger partial charge >= 0.3 is 0 Å². The van der Waals surface area contributed by atoms with Crippen molar-refractivity contribution in [2.75, 3.05) is 57.7 Å². The minimum absolute atomic E-state index is 0.128. The van der Waals surface area contributed by atoms with E-state index in [9.17, 15) is 4.79 Å². The van der Waals surface area contributed by atoms with E-state index in [4.69, 9.17) is 14.2 Å². The number of anilines is 2. The van der Waals surface area contributed by atoms with Crippen molar-refractivity contribution in [3.63, 3.8) is 0 Å². The summed E-state index contributed by atoms with van der Waals surface area (Å²) in [6.45, 7) is 4.51. The minimum atomic E-state index is 0.128. The Morgan fingerprint density at radius 2 is 1.74 bits per heavy atom. The molecule has 2 aromatic rings. The fraction of sp³-hybridized carbons (Fsp3) is 0.538. The van der Waals surface area contributed by atoms with E-state index >= 15 is 0 Å². The number of methoxy groups -OCH3 is 3. The molecule has 1 amide bonds. The first kappa shape index (κ1) is 24.1. The highest BCUT2D eigenvalue weighted by Crippen LogP contribution is 2.40. The van der Waals surface area contributed by atoms with Crippen LogP contribution in [0.5, 0.6) is 17.2 Å². The Labute approximate surface area is 202 Å². The second-order valence-electron chi connectivity index (χ2n) is 8.99. The third-order valence-electron chi connectivity index (χ3n) is 6.83. The van der Waals surface area contributed by atoms with Crippen LogP contribution in [0.3, 0.4) is 0 Å².